The van der Waals surface area contributed by atoms with Crippen molar-refractivity contribution in [2.24, 2.45) is 7.05 Å². The molecule has 1 aromatic heterocycles. The third-order valence-corrected chi connectivity index (χ3v) is 6.46. The van der Waals surface area contributed by atoms with Crippen LogP contribution in [0.25, 0.3) is 0 Å². The lowest BCUT2D eigenvalue weighted by Crippen LogP contribution is -2.31. The SMILES string of the molecule is CC(=O)Nc1cccc([C@H]2O[C@@H](CSc3nccn3C)C[C@@H](c3ccc(CO)cc3)O2)c1. The molecule has 1 aliphatic heterocycles. The number of nitrogens with one attached hydrogen (secondary N) is 1. The molecule has 32 heavy (non-hydrogen) atoms. The fraction of sp³-hybridized carbons (Fsp3) is 0.333. The molecule has 168 valence electrons. The summed E-state index contributed by atoms with van der Waals surface area (Å²) in [6.45, 7) is 1.49. The van der Waals surface area contributed by atoms with E-state index in [1.807, 2.05) is 66.3 Å². The van der Waals surface area contributed by atoms with Crippen molar-refractivity contribution >= 4 is 23.4 Å². The summed E-state index contributed by atoms with van der Waals surface area (Å²) in [7, 11) is 1.97. The van der Waals surface area contributed by atoms with Crippen LogP contribution in [0.4, 0.5) is 5.69 Å². The second kappa shape index (κ2) is 10.3. The van der Waals surface area contributed by atoms with Gasteiger partial charge in [-0.25, -0.2) is 4.98 Å². The van der Waals surface area contributed by atoms with Gasteiger partial charge in [0.15, 0.2) is 11.4 Å². The topological polar surface area (TPSA) is 85.6 Å². The van der Waals surface area contributed by atoms with Gasteiger partial charge in [-0.2, -0.15) is 0 Å². The minimum Gasteiger partial charge on any atom is -0.392 e. The van der Waals surface area contributed by atoms with Gasteiger partial charge in [0, 0.05) is 49.8 Å². The van der Waals surface area contributed by atoms with Crippen molar-refractivity contribution in [3.63, 3.8) is 0 Å². The second-order valence-electron chi connectivity index (χ2n) is 7.79. The molecule has 0 bridgehead atoms. The van der Waals surface area contributed by atoms with Crippen LogP contribution < -0.4 is 5.32 Å². The van der Waals surface area contributed by atoms with Gasteiger partial charge in [0.1, 0.15) is 0 Å². The number of aromatic nitrogens is 2. The van der Waals surface area contributed by atoms with E-state index < -0.39 is 6.29 Å². The average Bonchev–Trinajstić information content (AvgIpc) is 3.22. The minimum absolute atomic E-state index is 0.0103. The Morgan fingerprint density at radius 2 is 2.03 bits per heavy atom. The number of aryl methyl sites for hydroxylation is 1. The highest BCUT2D eigenvalue weighted by molar-refractivity contribution is 7.99. The fourth-order valence-electron chi connectivity index (χ4n) is 3.65. The number of amides is 1. The van der Waals surface area contributed by atoms with Gasteiger partial charge in [-0.05, 0) is 23.3 Å². The van der Waals surface area contributed by atoms with Crippen LogP contribution in [0.5, 0.6) is 0 Å². The summed E-state index contributed by atoms with van der Waals surface area (Å²) in [6.07, 6.45) is 3.65. The van der Waals surface area contributed by atoms with Crippen molar-refractivity contribution in [1.82, 2.24) is 9.55 Å². The summed E-state index contributed by atoms with van der Waals surface area (Å²) < 4.78 is 14.7. The number of benzene rings is 2. The Bertz CT molecular complexity index is 1050. The van der Waals surface area contributed by atoms with E-state index >= 15 is 0 Å². The highest BCUT2D eigenvalue weighted by Gasteiger charge is 2.32. The zero-order chi connectivity index (χ0) is 22.5. The third kappa shape index (κ3) is 5.58. The van der Waals surface area contributed by atoms with Gasteiger partial charge in [-0.1, -0.05) is 48.2 Å². The molecule has 1 aliphatic rings. The fourth-order valence-corrected chi connectivity index (χ4v) is 4.60. The summed E-state index contributed by atoms with van der Waals surface area (Å²) in [5, 5.41) is 13.1. The molecule has 0 unspecified atom stereocenters. The highest BCUT2D eigenvalue weighted by atomic mass is 32.2. The van der Waals surface area contributed by atoms with E-state index in [2.05, 4.69) is 10.3 Å². The number of aliphatic hydroxyl groups excluding tert-OH is 1. The summed E-state index contributed by atoms with van der Waals surface area (Å²) in [6, 6.07) is 15.4. The summed E-state index contributed by atoms with van der Waals surface area (Å²) in [4.78, 5) is 15.9. The van der Waals surface area contributed by atoms with E-state index in [0.717, 1.165) is 27.6 Å². The molecule has 7 nitrogen and oxygen atoms in total. The Balaban J connectivity index is 1.55. The number of aliphatic hydroxyl groups is 1. The lowest BCUT2D eigenvalue weighted by atomic mass is 10.0. The molecule has 0 saturated carbocycles. The summed E-state index contributed by atoms with van der Waals surface area (Å²) >= 11 is 1.65. The zero-order valence-electron chi connectivity index (χ0n) is 18.1. The van der Waals surface area contributed by atoms with Crippen molar-refractivity contribution < 1.29 is 19.4 Å². The lowest BCUT2D eigenvalue weighted by molar-refractivity contribution is -0.245. The van der Waals surface area contributed by atoms with Crippen molar-refractivity contribution in [3.05, 3.63) is 77.6 Å². The number of hydrogen-bond acceptors (Lipinski definition) is 6. The average molecular weight is 454 g/mol. The smallest absolute Gasteiger partial charge is 0.221 e. The predicted molar refractivity (Wildman–Crippen MR) is 123 cm³/mol. The molecule has 3 aromatic rings. The van der Waals surface area contributed by atoms with E-state index in [-0.39, 0.29) is 24.7 Å². The standard InChI is InChI=1S/C24H27N3O4S/c1-16(29)26-20-5-3-4-19(12-20)23-30-21(15-32-24-25-10-11-27(24)2)13-22(31-23)18-8-6-17(14-28)7-9-18/h3-12,21-23,28H,13-15H2,1-2H3,(H,26,29)/t21-,22+,23+/m1/s1. The molecule has 3 atom stereocenters. The van der Waals surface area contributed by atoms with Crippen LogP contribution in [-0.4, -0.2) is 32.4 Å². The van der Waals surface area contributed by atoms with E-state index in [1.165, 1.54) is 6.92 Å². The molecular formula is C24H27N3O4S. The molecule has 8 heteroatoms. The quantitative estimate of drug-likeness (QED) is 0.522. The van der Waals surface area contributed by atoms with E-state index in [9.17, 15) is 9.90 Å². The highest BCUT2D eigenvalue weighted by Crippen LogP contribution is 2.39. The molecule has 2 N–H and O–H groups in total. The second-order valence-corrected chi connectivity index (χ2v) is 8.78. The number of thioether (sulfide) groups is 1. The first-order chi connectivity index (χ1) is 15.5. The van der Waals surface area contributed by atoms with Crippen LogP contribution in [0, 0.1) is 0 Å². The number of imidazole rings is 1. The Hall–Kier alpha value is -2.65. The van der Waals surface area contributed by atoms with Crippen LogP contribution in [0.1, 0.15) is 42.4 Å². The van der Waals surface area contributed by atoms with Crippen molar-refractivity contribution in [2.45, 2.75) is 43.6 Å². The zero-order valence-corrected chi connectivity index (χ0v) is 18.9. The van der Waals surface area contributed by atoms with Gasteiger partial charge in [0.25, 0.3) is 0 Å². The number of anilines is 1. The van der Waals surface area contributed by atoms with Crippen LogP contribution >= 0.6 is 11.8 Å². The first-order valence-corrected chi connectivity index (χ1v) is 11.5. The number of hydrogen-bond donors (Lipinski definition) is 2. The van der Waals surface area contributed by atoms with Gasteiger partial charge in [-0.3, -0.25) is 4.79 Å². The molecule has 2 aromatic carbocycles. The van der Waals surface area contributed by atoms with Gasteiger partial charge in [0.2, 0.25) is 5.91 Å². The van der Waals surface area contributed by atoms with Gasteiger partial charge >= 0.3 is 0 Å². The Morgan fingerprint density at radius 1 is 1.22 bits per heavy atom. The van der Waals surface area contributed by atoms with Gasteiger partial charge in [0.05, 0.1) is 18.8 Å². The Morgan fingerprint density at radius 3 is 2.72 bits per heavy atom. The van der Waals surface area contributed by atoms with Crippen molar-refractivity contribution in [2.75, 3.05) is 11.1 Å². The molecule has 1 amide bonds. The molecule has 2 heterocycles. The Kier molecular flexibility index (Phi) is 7.26. The summed E-state index contributed by atoms with van der Waals surface area (Å²) in [5.41, 5.74) is 3.46. The number of carbonyl (C=O) groups is 1. The maximum atomic E-state index is 11.5. The van der Waals surface area contributed by atoms with E-state index in [1.54, 1.807) is 18.0 Å². The number of nitrogens with zero attached hydrogens (tertiary/aromatic N) is 2. The maximum absolute atomic E-state index is 11.5. The normalized spacial score (nSPS) is 20.8. The molecule has 1 fully saturated rings. The monoisotopic (exact) mass is 453 g/mol. The van der Waals surface area contributed by atoms with Gasteiger partial charge < -0.3 is 24.5 Å². The van der Waals surface area contributed by atoms with Gasteiger partial charge in [-0.15, -0.1) is 0 Å². The number of rotatable bonds is 7. The number of carbonyl (C=O) groups excluding carboxylic acids is 1. The summed E-state index contributed by atoms with van der Waals surface area (Å²) in [5.74, 6) is 0.611. The molecule has 0 radical (unpaired) electrons. The molecule has 0 spiro atoms. The lowest BCUT2D eigenvalue weighted by Gasteiger charge is -2.36. The molecule has 1 saturated heterocycles. The Labute approximate surface area is 191 Å². The first kappa shape index (κ1) is 22.5. The largest absolute Gasteiger partial charge is 0.392 e. The predicted octanol–water partition coefficient (Wildman–Crippen LogP) is 4.21. The van der Waals surface area contributed by atoms with Crippen molar-refractivity contribution in [3.8, 4) is 0 Å². The third-order valence-electron chi connectivity index (χ3n) is 5.27. The first-order valence-electron chi connectivity index (χ1n) is 10.5. The van der Waals surface area contributed by atoms with E-state index in [4.69, 9.17) is 9.47 Å². The maximum Gasteiger partial charge on any atom is 0.221 e. The van der Waals surface area contributed by atoms with Crippen molar-refractivity contribution in [1.29, 1.82) is 0 Å². The molecule has 4 rings (SSSR count). The van der Waals surface area contributed by atoms with Crippen LogP contribution in [0.15, 0.2) is 66.1 Å². The van der Waals surface area contributed by atoms with Crippen LogP contribution in [0.2, 0.25) is 0 Å². The minimum atomic E-state index is -0.563. The van der Waals surface area contributed by atoms with Crippen LogP contribution in [-0.2, 0) is 27.9 Å². The molecule has 0 aliphatic carbocycles. The molecular weight excluding hydrogens is 426 g/mol. The van der Waals surface area contributed by atoms with E-state index in [0.29, 0.717) is 12.1 Å². The number of ether oxygens (including phenoxy) is 2. The van der Waals surface area contributed by atoms with Crippen LogP contribution in [0.3, 0.4) is 0 Å².